The SMILES string of the molecule is Cc1cc(OCC(=O)N(C)Cc2cccs2)c(C(C)C)cc1Cl. The summed E-state index contributed by atoms with van der Waals surface area (Å²) >= 11 is 7.84. The highest BCUT2D eigenvalue weighted by Crippen LogP contribution is 2.32. The lowest BCUT2D eigenvalue weighted by molar-refractivity contribution is -0.132. The minimum atomic E-state index is -0.0410. The zero-order valence-corrected chi connectivity index (χ0v) is 15.5. The Hall–Kier alpha value is -1.52. The fraction of sp³-hybridized carbons (Fsp3) is 0.389. The molecule has 1 aromatic heterocycles. The van der Waals surface area contributed by atoms with Crippen molar-refractivity contribution in [2.75, 3.05) is 13.7 Å². The number of aryl methyl sites for hydroxylation is 1. The largest absolute Gasteiger partial charge is 0.483 e. The van der Waals surface area contributed by atoms with E-state index < -0.39 is 0 Å². The summed E-state index contributed by atoms with van der Waals surface area (Å²) < 4.78 is 5.79. The average Bonchev–Trinajstić information content (AvgIpc) is 3.00. The molecule has 1 aromatic carbocycles. The van der Waals surface area contributed by atoms with Gasteiger partial charge in [-0.3, -0.25) is 4.79 Å². The fourth-order valence-corrected chi connectivity index (χ4v) is 3.15. The summed E-state index contributed by atoms with van der Waals surface area (Å²) in [5.74, 6) is 0.975. The van der Waals surface area contributed by atoms with Gasteiger partial charge in [-0.2, -0.15) is 0 Å². The van der Waals surface area contributed by atoms with Crippen LogP contribution < -0.4 is 4.74 Å². The van der Waals surface area contributed by atoms with Crippen LogP contribution in [0.2, 0.25) is 5.02 Å². The van der Waals surface area contributed by atoms with Gasteiger partial charge in [-0.25, -0.2) is 0 Å². The van der Waals surface area contributed by atoms with Gasteiger partial charge in [0, 0.05) is 16.9 Å². The Labute approximate surface area is 146 Å². The van der Waals surface area contributed by atoms with E-state index in [4.69, 9.17) is 16.3 Å². The lowest BCUT2D eigenvalue weighted by Gasteiger charge is -2.19. The monoisotopic (exact) mass is 351 g/mol. The van der Waals surface area contributed by atoms with Gasteiger partial charge in [0.1, 0.15) is 5.75 Å². The van der Waals surface area contributed by atoms with E-state index in [1.165, 1.54) is 0 Å². The quantitative estimate of drug-likeness (QED) is 0.743. The van der Waals surface area contributed by atoms with Crippen LogP contribution in [0, 0.1) is 6.92 Å². The van der Waals surface area contributed by atoms with Crippen molar-refractivity contribution < 1.29 is 9.53 Å². The highest BCUT2D eigenvalue weighted by molar-refractivity contribution is 7.09. The zero-order valence-electron chi connectivity index (χ0n) is 13.9. The van der Waals surface area contributed by atoms with Crippen LogP contribution in [0.25, 0.3) is 0 Å². The number of halogens is 1. The van der Waals surface area contributed by atoms with Gasteiger partial charge in [0.25, 0.3) is 5.91 Å². The number of likely N-dealkylation sites (N-methyl/N-ethyl adjacent to an activating group) is 1. The molecule has 0 N–H and O–H groups in total. The van der Waals surface area contributed by atoms with Crippen LogP contribution in [-0.4, -0.2) is 24.5 Å². The summed E-state index contributed by atoms with van der Waals surface area (Å²) in [7, 11) is 1.79. The van der Waals surface area contributed by atoms with Crippen molar-refractivity contribution in [1.82, 2.24) is 4.90 Å². The predicted octanol–water partition coefficient (Wildman–Crippen LogP) is 4.87. The van der Waals surface area contributed by atoms with Gasteiger partial charge in [-0.1, -0.05) is 31.5 Å². The van der Waals surface area contributed by atoms with Crippen LogP contribution in [0.4, 0.5) is 0 Å². The summed E-state index contributed by atoms with van der Waals surface area (Å²) in [5, 5.41) is 2.73. The van der Waals surface area contributed by atoms with E-state index in [1.54, 1.807) is 23.3 Å². The third kappa shape index (κ3) is 4.72. The Morgan fingerprint density at radius 3 is 2.74 bits per heavy atom. The molecule has 0 spiro atoms. The molecule has 1 amide bonds. The Kier molecular flexibility index (Phi) is 6.08. The first-order chi connectivity index (χ1) is 10.9. The molecule has 0 aliphatic heterocycles. The molecule has 0 saturated heterocycles. The molecular formula is C18H22ClNO2S. The Balaban J connectivity index is 2.02. The maximum atomic E-state index is 12.3. The van der Waals surface area contributed by atoms with Crippen LogP contribution in [0.3, 0.4) is 0 Å². The van der Waals surface area contributed by atoms with E-state index in [2.05, 4.69) is 13.8 Å². The van der Waals surface area contributed by atoms with Crippen molar-refractivity contribution in [3.63, 3.8) is 0 Å². The molecule has 23 heavy (non-hydrogen) atoms. The van der Waals surface area contributed by atoms with Crippen molar-refractivity contribution in [3.05, 3.63) is 50.7 Å². The second-order valence-corrected chi connectivity index (χ2v) is 7.35. The molecule has 0 aliphatic carbocycles. The molecule has 0 saturated carbocycles. The van der Waals surface area contributed by atoms with E-state index in [0.717, 1.165) is 26.8 Å². The first kappa shape index (κ1) is 17.8. The summed E-state index contributed by atoms with van der Waals surface area (Å²) in [6, 6.07) is 7.84. The van der Waals surface area contributed by atoms with E-state index in [-0.39, 0.29) is 18.4 Å². The molecular weight excluding hydrogens is 330 g/mol. The van der Waals surface area contributed by atoms with E-state index in [9.17, 15) is 4.79 Å². The Morgan fingerprint density at radius 1 is 1.39 bits per heavy atom. The summed E-state index contributed by atoms with van der Waals surface area (Å²) in [4.78, 5) is 15.1. The normalized spacial score (nSPS) is 10.9. The molecule has 2 rings (SSSR count). The maximum absolute atomic E-state index is 12.3. The lowest BCUT2D eigenvalue weighted by atomic mass is 10.0. The number of hydrogen-bond donors (Lipinski definition) is 0. The van der Waals surface area contributed by atoms with Crippen molar-refractivity contribution in [3.8, 4) is 5.75 Å². The fourth-order valence-electron chi connectivity index (χ4n) is 2.22. The van der Waals surface area contributed by atoms with E-state index in [0.29, 0.717) is 6.54 Å². The predicted molar refractivity (Wildman–Crippen MR) is 96.6 cm³/mol. The van der Waals surface area contributed by atoms with Gasteiger partial charge in [0.15, 0.2) is 6.61 Å². The molecule has 124 valence electrons. The van der Waals surface area contributed by atoms with Crippen LogP contribution in [0.5, 0.6) is 5.75 Å². The van der Waals surface area contributed by atoms with Gasteiger partial charge in [0.05, 0.1) is 6.54 Å². The third-order valence-electron chi connectivity index (χ3n) is 3.66. The van der Waals surface area contributed by atoms with Crippen LogP contribution >= 0.6 is 22.9 Å². The standard InChI is InChI=1S/C18H22ClNO2S/c1-12(2)15-9-16(19)13(3)8-17(15)22-11-18(21)20(4)10-14-6-5-7-23-14/h5-9,12H,10-11H2,1-4H3. The van der Waals surface area contributed by atoms with Crippen molar-refractivity contribution in [1.29, 1.82) is 0 Å². The Bertz CT molecular complexity index is 668. The number of thiophene rings is 1. The smallest absolute Gasteiger partial charge is 0.260 e. The van der Waals surface area contributed by atoms with E-state index in [1.807, 2.05) is 36.6 Å². The number of hydrogen-bond acceptors (Lipinski definition) is 3. The summed E-state index contributed by atoms with van der Waals surface area (Å²) in [6.07, 6.45) is 0. The Morgan fingerprint density at radius 2 is 2.13 bits per heavy atom. The summed E-state index contributed by atoms with van der Waals surface area (Å²) in [5.41, 5.74) is 1.97. The van der Waals surface area contributed by atoms with E-state index >= 15 is 0 Å². The van der Waals surface area contributed by atoms with Crippen molar-refractivity contribution in [2.45, 2.75) is 33.2 Å². The number of amides is 1. The second-order valence-electron chi connectivity index (χ2n) is 5.91. The number of benzene rings is 1. The lowest BCUT2D eigenvalue weighted by Crippen LogP contribution is -2.30. The maximum Gasteiger partial charge on any atom is 0.260 e. The third-order valence-corrected chi connectivity index (χ3v) is 4.93. The van der Waals surface area contributed by atoms with Crippen LogP contribution in [0.1, 0.15) is 35.8 Å². The first-order valence-electron chi connectivity index (χ1n) is 7.57. The van der Waals surface area contributed by atoms with Crippen LogP contribution in [-0.2, 0) is 11.3 Å². The topological polar surface area (TPSA) is 29.5 Å². The van der Waals surface area contributed by atoms with Gasteiger partial charge in [-0.15, -0.1) is 11.3 Å². The molecule has 2 aromatic rings. The molecule has 0 unspecified atom stereocenters. The molecule has 0 aliphatic rings. The molecule has 1 heterocycles. The highest BCUT2D eigenvalue weighted by Gasteiger charge is 2.15. The molecule has 5 heteroatoms. The first-order valence-corrected chi connectivity index (χ1v) is 8.83. The molecule has 0 bridgehead atoms. The molecule has 0 atom stereocenters. The number of rotatable bonds is 6. The van der Waals surface area contributed by atoms with Crippen molar-refractivity contribution in [2.24, 2.45) is 0 Å². The number of ether oxygens (including phenoxy) is 1. The number of nitrogens with zero attached hydrogens (tertiary/aromatic N) is 1. The number of carbonyl (C=O) groups is 1. The van der Waals surface area contributed by atoms with Gasteiger partial charge >= 0.3 is 0 Å². The average molecular weight is 352 g/mol. The van der Waals surface area contributed by atoms with Gasteiger partial charge in [-0.05, 0) is 47.5 Å². The van der Waals surface area contributed by atoms with Crippen molar-refractivity contribution >= 4 is 28.8 Å². The highest BCUT2D eigenvalue weighted by atomic mass is 35.5. The summed E-state index contributed by atoms with van der Waals surface area (Å²) in [6.45, 7) is 6.74. The molecule has 0 radical (unpaired) electrons. The second kappa shape index (κ2) is 7.84. The molecule has 3 nitrogen and oxygen atoms in total. The zero-order chi connectivity index (χ0) is 17.0. The van der Waals surface area contributed by atoms with Crippen LogP contribution in [0.15, 0.2) is 29.6 Å². The molecule has 0 fully saturated rings. The minimum absolute atomic E-state index is 0.0304. The minimum Gasteiger partial charge on any atom is -0.483 e. The van der Waals surface area contributed by atoms with Gasteiger partial charge in [0.2, 0.25) is 0 Å². The van der Waals surface area contributed by atoms with Gasteiger partial charge < -0.3 is 9.64 Å². The number of carbonyl (C=O) groups excluding carboxylic acids is 1.